The first kappa shape index (κ1) is 49.3. The monoisotopic (exact) mass is 931 g/mol. The van der Waals surface area contributed by atoms with Crippen LogP contribution in [0, 0.1) is 44.8 Å². The molecule has 0 amide bonds. The van der Waals surface area contributed by atoms with E-state index in [-0.39, 0.29) is 46.0 Å². The fourth-order valence-corrected chi connectivity index (χ4v) is 16.4. The van der Waals surface area contributed by atoms with E-state index in [1.807, 2.05) is 13.8 Å². The summed E-state index contributed by atoms with van der Waals surface area (Å²) in [5, 5.41) is 119. The maximum absolute atomic E-state index is 12.5. The standard InChI is InChI=1S/C47H78O18/c1-20-28(52)31(55)33(57)38(60-20)63-35-29(53)23(51)18-59-40(35)62-26-10-12-47-19-46(47)14-13-43(6)37(22(50)16-44(43,7)25(46)15-21(49)36(47)41(26,2)3)45(8)11-9-27(64-45)42(4,5)65-39-34(58)32(56)30(54)24(17-48)61-39/h20-40,48-58H,9-19H2,1-8H3/t20-,21-,22-,23+,24+,25-,26-,27-,28-,29-,30+,31+,32-,33+,34+,35+,36+,37-,38-,39-,40-,43+,44-,45+,46-,47+/m0/s1. The predicted molar refractivity (Wildman–Crippen MR) is 225 cm³/mol. The van der Waals surface area contributed by atoms with Crippen molar-refractivity contribution in [3.05, 3.63) is 0 Å². The largest absolute Gasteiger partial charge is 0.394 e. The summed E-state index contributed by atoms with van der Waals surface area (Å²) < 4.78 is 43.4. The molecule has 0 radical (unpaired) electrons. The molecule has 4 aliphatic heterocycles. The van der Waals surface area contributed by atoms with Gasteiger partial charge in [0.2, 0.25) is 0 Å². The molecule has 9 fully saturated rings. The summed E-state index contributed by atoms with van der Waals surface area (Å²) in [5.41, 5.74) is -3.24. The van der Waals surface area contributed by atoms with E-state index in [0.29, 0.717) is 32.1 Å². The Labute approximate surface area is 381 Å². The normalized spacial score (nSPS) is 58.7. The van der Waals surface area contributed by atoms with Crippen molar-refractivity contribution < 1.29 is 89.3 Å². The summed E-state index contributed by atoms with van der Waals surface area (Å²) in [4.78, 5) is 0. The Bertz CT molecular complexity index is 1750. The minimum atomic E-state index is -1.64. The van der Waals surface area contributed by atoms with Crippen molar-refractivity contribution in [2.45, 2.75) is 235 Å². The molecule has 18 heteroatoms. The Balaban J connectivity index is 0.908. The lowest BCUT2D eigenvalue weighted by Gasteiger charge is -2.64. The lowest BCUT2D eigenvalue weighted by molar-refractivity contribution is -0.364. The molecule has 0 aromatic heterocycles. The Morgan fingerprint density at radius 3 is 2.00 bits per heavy atom. The van der Waals surface area contributed by atoms with E-state index in [1.54, 1.807) is 0 Å². The zero-order valence-electron chi connectivity index (χ0n) is 39.2. The molecule has 4 saturated heterocycles. The van der Waals surface area contributed by atoms with E-state index in [1.165, 1.54) is 6.92 Å². The second-order valence-electron chi connectivity index (χ2n) is 23.8. The highest BCUT2D eigenvalue weighted by Crippen LogP contribution is 2.89. The van der Waals surface area contributed by atoms with Crippen molar-refractivity contribution in [3.63, 3.8) is 0 Å². The molecule has 11 N–H and O–H groups in total. The maximum Gasteiger partial charge on any atom is 0.187 e. The van der Waals surface area contributed by atoms with Gasteiger partial charge in [-0.2, -0.15) is 0 Å². The van der Waals surface area contributed by atoms with Crippen LogP contribution in [0.4, 0.5) is 0 Å². The van der Waals surface area contributed by atoms with Gasteiger partial charge in [-0.3, -0.25) is 0 Å². The van der Waals surface area contributed by atoms with Crippen molar-refractivity contribution in [1.29, 1.82) is 0 Å². The van der Waals surface area contributed by atoms with Crippen molar-refractivity contribution in [2.24, 2.45) is 44.8 Å². The van der Waals surface area contributed by atoms with Gasteiger partial charge in [-0.1, -0.05) is 27.7 Å². The van der Waals surface area contributed by atoms with Gasteiger partial charge in [0.25, 0.3) is 0 Å². The summed E-state index contributed by atoms with van der Waals surface area (Å²) in [5.74, 6) is -0.234. The molecule has 0 bridgehead atoms. The number of aliphatic hydroxyl groups is 11. The van der Waals surface area contributed by atoms with Gasteiger partial charge in [0.1, 0.15) is 61.0 Å². The van der Waals surface area contributed by atoms with Gasteiger partial charge in [-0.25, -0.2) is 0 Å². The van der Waals surface area contributed by atoms with Gasteiger partial charge in [0.05, 0.1) is 54.9 Å². The average molecular weight is 931 g/mol. The van der Waals surface area contributed by atoms with Crippen LogP contribution in [0.3, 0.4) is 0 Å². The first-order valence-corrected chi connectivity index (χ1v) is 24.2. The summed E-state index contributed by atoms with van der Waals surface area (Å²) in [6.45, 7) is 15.4. The van der Waals surface area contributed by atoms with E-state index in [9.17, 15) is 56.2 Å². The van der Waals surface area contributed by atoms with Crippen LogP contribution in [-0.4, -0.2) is 191 Å². The molecule has 18 nitrogen and oxygen atoms in total. The number of rotatable bonds is 9. The van der Waals surface area contributed by atoms with E-state index < -0.39 is 134 Å². The zero-order chi connectivity index (χ0) is 47.4. The molecule has 5 aliphatic carbocycles. The average Bonchev–Trinajstić information content (AvgIpc) is 3.60. The Hall–Kier alpha value is -0.720. The Kier molecular flexibility index (Phi) is 12.4. The molecule has 374 valence electrons. The van der Waals surface area contributed by atoms with Crippen molar-refractivity contribution in [2.75, 3.05) is 13.2 Å². The van der Waals surface area contributed by atoms with E-state index >= 15 is 0 Å². The highest BCUT2D eigenvalue weighted by molar-refractivity contribution is 5.33. The molecule has 0 aromatic rings. The zero-order valence-corrected chi connectivity index (χ0v) is 39.2. The third kappa shape index (κ3) is 7.15. The first-order valence-electron chi connectivity index (χ1n) is 24.2. The summed E-state index contributed by atoms with van der Waals surface area (Å²) in [6, 6.07) is 0. The van der Waals surface area contributed by atoms with Gasteiger partial charge >= 0.3 is 0 Å². The second kappa shape index (κ2) is 16.4. The molecule has 26 atom stereocenters. The minimum absolute atomic E-state index is 0.0486. The molecule has 4 heterocycles. The van der Waals surface area contributed by atoms with Gasteiger partial charge in [0.15, 0.2) is 18.9 Å². The first-order chi connectivity index (χ1) is 30.2. The van der Waals surface area contributed by atoms with Crippen LogP contribution in [0.2, 0.25) is 0 Å². The molecule has 0 aromatic carbocycles. The SMILES string of the molecule is C[C@@H]1O[C@@H](O[C@H]2[C@H](O[C@H]3CC[C@]45C[C@]46CC[C@]4(C)[C@@H]([C@@]7(C)CC[C@@H](C(C)(C)O[C@@H]8O[C@H](CO)[C@@H](O)[C@H](O)[C@H]8O)O7)[C@@H](O)C[C@@]4(C)[C@@H]6C[C@H](O)[C@@H]5C3(C)C)OC[C@@H](O)[C@@H]2O)[C@H](O)[C@H](O)[C@H]1O. The lowest BCUT2D eigenvalue weighted by atomic mass is 9.41. The molecule has 5 saturated carbocycles. The van der Waals surface area contributed by atoms with Crippen LogP contribution < -0.4 is 0 Å². The van der Waals surface area contributed by atoms with Crippen LogP contribution >= 0.6 is 0 Å². The van der Waals surface area contributed by atoms with Gasteiger partial charge in [-0.05, 0) is 124 Å². The topological polar surface area (TPSA) is 287 Å². The van der Waals surface area contributed by atoms with E-state index in [4.69, 9.17) is 33.2 Å². The third-order valence-electron chi connectivity index (χ3n) is 19.8. The fraction of sp³-hybridized carbons (Fsp3) is 1.00. The molecular weight excluding hydrogens is 852 g/mol. The summed E-state index contributed by atoms with van der Waals surface area (Å²) in [6.07, 6.45) is -14.9. The molecular formula is C47H78O18. The molecule has 9 aliphatic rings. The lowest BCUT2D eigenvalue weighted by Crippen LogP contribution is -2.64. The van der Waals surface area contributed by atoms with E-state index in [2.05, 4.69) is 34.6 Å². The number of hydrogen-bond donors (Lipinski definition) is 11. The van der Waals surface area contributed by atoms with Crippen molar-refractivity contribution in [3.8, 4) is 0 Å². The highest BCUT2D eigenvalue weighted by Gasteiger charge is 2.85. The van der Waals surface area contributed by atoms with Crippen LogP contribution in [0.15, 0.2) is 0 Å². The highest BCUT2D eigenvalue weighted by atomic mass is 16.8. The van der Waals surface area contributed by atoms with Gasteiger partial charge in [-0.15, -0.1) is 0 Å². The molecule has 2 spiro atoms. The number of ether oxygens (including phenoxy) is 7. The summed E-state index contributed by atoms with van der Waals surface area (Å²) in [7, 11) is 0. The molecule has 9 rings (SSSR count). The van der Waals surface area contributed by atoms with Crippen LogP contribution in [-0.2, 0) is 33.2 Å². The number of fused-ring (bicyclic) bond motifs is 2. The number of aliphatic hydroxyl groups excluding tert-OH is 11. The second-order valence-corrected chi connectivity index (χ2v) is 23.8. The van der Waals surface area contributed by atoms with Crippen molar-refractivity contribution in [1.82, 2.24) is 0 Å². The van der Waals surface area contributed by atoms with Gasteiger partial charge < -0.3 is 89.3 Å². The predicted octanol–water partition coefficient (Wildman–Crippen LogP) is -0.424. The summed E-state index contributed by atoms with van der Waals surface area (Å²) >= 11 is 0. The van der Waals surface area contributed by atoms with E-state index in [0.717, 1.165) is 25.7 Å². The van der Waals surface area contributed by atoms with Gasteiger partial charge in [0, 0.05) is 5.92 Å². The fourth-order valence-electron chi connectivity index (χ4n) is 16.4. The third-order valence-corrected chi connectivity index (χ3v) is 19.8. The smallest absolute Gasteiger partial charge is 0.187 e. The van der Waals surface area contributed by atoms with Crippen LogP contribution in [0.25, 0.3) is 0 Å². The van der Waals surface area contributed by atoms with Crippen LogP contribution in [0.1, 0.15) is 113 Å². The van der Waals surface area contributed by atoms with Crippen molar-refractivity contribution >= 4 is 0 Å². The van der Waals surface area contributed by atoms with Crippen LogP contribution in [0.5, 0.6) is 0 Å². The Morgan fingerprint density at radius 1 is 0.631 bits per heavy atom. The Morgan fingerprint density at radius 2 is 1.31 bits per heavy atom. The molecule has 65 heavy (non-hydrogen) atoms. The minimum Gasteiger partial charge on any atom is -0.394 e. The molecule has 0 unspecified atom stereocenters. The number of hydrogen-bond acceptors (Lipinski definition) is 18. The maximum atomic E-state index is 12.5. The quantitative estimate of drug-likeness (QED) is 0.131.